The summed E-state index contributed by atoms with van der Waals surface area (Å²) in [6, 6.07) is 15.9. The number of carbonyl (C=O) groups is 1. The van der Waals surface area contributed by atoms with Gasteiger partial charge in [0.25, 0.3) is 5.56 Å². The lowest BCUT2D eigenvalue weighted by Gasteiger charge is -2.36. The van der Waals surface area contributed by atoms with Crippen molar-refractivity contribution >= 4 is 44.7 Å². The van der Waals surface area contributed by atoms with Crippen molar-refractivity contribution in [1.29, 1.82) is 0 Å². The molecule has 0 N–H and O–H groups in total. The van der Waals surface area contributed by atoms with E-state index in [2.05, 4.69) is 9.88 Å². The molecule has 0 bridgehead atoms. The number of hydrogen-bond donors (Lipinski definition) is 0. The van der Waals surface area contributed by atoms with Crippen molar-refractivity contribution < 1.29 is 4.79 Å². The summed E-state index contributed by atoms with van der Waals surface area (Å²) in [5, 5.41) is 3.33. The Morgan fingerprint density at radius 3 is 2.53 bits per heavy atom. The molecule has 0 radical (unpaired) electrons. The van der Waals surface area contributed by atoms with E-state index in [9.17, 15) is 9.59 Å². The maximum absolute atomic E-state index is 13.3. The number of piperazine rings is 1. The Hall–Kier alpha value is -3.16. The Morgan fingerprint density at radius 1 is 1.06 bits per heavy atom. The van der Waals surface area contributed by atoms with Gasteiger partial charge < -0.3 is 9.80 Å². The Labute approximate surface area is 207 Å². The van der Waals surface area contributed by atoms with Gasteiger partial charge in [-0.15, -0.1) is 11.3 Å². The molecule has 4 aromatic rings. The van der Waals surface area contributed by atoms with Crippen molar-refractivity contribution in [1.82, 2.24) is 14.5 Å². The summed E-state index contributed by atoms with van der Waals surface area (Å²) < 4.78 is 1.56. The third-order valence-corrected chi connectivity index (χ3v) is 7.52. The maximum atomic E-state index is 13.3. The molecule has 2 aromatic heterocycles. The van der Waals surface area contributed by atoms with E-state index in [4.69, 9.17) is 11.6 Å². The predicted molar refractivity (Wildman–Crippen MR) is 139 cm³/mol. The number of hydrogen-bond acceptors (Lipinski definition) is 5. The van der Waals surface area contributed by atoms with Gasteiger partial charge in [-0.05, 0) is 24.6 Å². The summed E-state index contributed by atoms with van der Waals surface area (Å²) in [6.45, 7) is 5.10. The topological polar surface area (TPSA) is 58.4 Å². The molecule has 1 aliphatic heterocycles. The van der Waals surface area contributed by atoms with E-state index in [-0.39, 0.29) is 17.9 Å². The number of fused-ring (bicyclic) bond motifs is 1. The predicted octanol–water partition coefficient (Wildman–Crippen LogP) is 4.83. The van der Waals surface area contributed by atoms with Crippen molar-refractivity contribution in [3.8, 4) is 11.1 Å². The number of nitrogens with zero attached hydrogens (tertiary/aromatic N) is 4. The van der Waals surface area contributed by atoms with Crippen molar-refractivity contribution in [3.63, 3.8) is 0 Å². The molecule has 6 nitrogen and oxygen atoms in total. The van der Waals surface area contributed by atoms with Crippen molar-refractivity contribution in [2.24, 2.45) is 0 Å². The molecule has 2 aromatic carbocycles. The monoisotopic (exact) mass is 492 g/mol. The Kier molecular flexibility index (Phi) is 6.39. The first-order valence-corrected chi connectivity index (χ1v) is 12.6. The SMILES string of the molecule is Cc1ccc(-c2csc3ncn(CCC(=O)N4CCN(c5ccccc5Cl)CC4)c(=O)c23)cc1. The van der Waals surface area contributed by atoms with Crippen molar-refractivity contribution in [3.05, 3.63) is 81.2 Å². The maximum Gasteiger partial charge on any atom is 0.262 e. The molecule has 1 saturated heterocycles. The second kappa shape index (κ2) is 9.60. The van der Waals surface area contributed by atoms with Crippen LogP contribution in [0.4, 0.5) is 5.69 Å². The van der Waals surface area contributed by atoms with Crippen LogP contribution in [0.15, 0.2) is 65.0 Å². The Morgan fingerprint density at radius 2 is 1.79 bits per heavy atom. The van der Waals surface area contributed by atoms with Crippen LogP contribution >= 0.6 is 22.9 Å². The molecule has 5 rings (SSSR count). The zero-order chi connectivity index (χ0) is 23.7. The zero-order valence-corrected chi connectivity index (χ0v) is 20.5. The number of anilines is 1. The van der Waals surface area contributed by atoms with Crippen LogP contribution in [0.3, 0.4) is 0 Å². The minimum Gasteiger partial charge on any atom is -0.367 e. The average Bonchev–Trinajstić information content (AvgIpc) is 3.29. The minimum absolute atomic E-state index is 0.0508. The standard InChI is InChI=1S/C26H25ClN4O2S/c1-18-6-8-19(9-7-18)20-16-34-25-24(20)26(33)31(17-28-25)11-10-23(32)30-14-12-29(13-15-30)22-5-3-2-4-21(22)27/h2-9,16-17H,10-15H2,1H3. The first kappa shape index (κ1) is 22.6. The second-order valence-electron chi connectivity index (χ2n) is 8.51. The van der Waals surface area contributed by atoms with E-state index in [0.29, 0.717) is 25.0 Å². The van der Waals surface area contributed by atoms with Crippen molar-refractivity contribution in [2.75, 3.05) is 31.1 Å². The summed E-state index contributed by atoms with van der Waals surface area (Å²) in [7, 11) is 0. The van der Waals surface area contributed by atoms with E-state index >= 15 is 0 Å². The second-order valence-corrected chi connectivity index (χ2v) is 9.77. The fraction of sp³-hybridized carbons (Fsp3) is 0.269. The Bertz CT molecular complexity index is 1390. The number of carbonyl (C=O) groups excluding carboxylic acids is 1. The van der Waals surface area contributed by atoms with Crippen LogP contribution in [0, 0.1) is 6.92 Å². The number of aryl methyl sites for hydroxylation is 2. The lowest BCUT2D eigenvalue weighted by atomic mass is 10.1. The van der Waals surface area contributed by atoms with Crippen LogP contribution in [-0.2, 0) is 11.3 Å². The van der Waals surface area contributed by atoms with E-state index < -0.39 is 0 Å². The lowest BCUT2D eigenvalue weighted by Crippen LogP contribution is -2.49. The molecule has 1 amide bonds. The highest BCUT2D eigenvalue weighted by atomic mass is 35.5. The summed E-state index contributed by atoms with van der Waals surface area (Å²) in [5.74, 6) is 0.0508. The Balaban J connectivity index is 1.26. The summed E-state index contributed by atoms with van der Waals surface area (Å²) >= 11 is 7.79. The number of halogens is 1. The third kappa shape index (κ3) is 4.45. The quantitative estimate of drug-likeness (QED) is 0.400. The van der Waals surface area contributed by atoms with E-state index in [1.54, 1.807) is 10.9 Å². The lowest BCUT2D eigenvalue weighted by molar-refractivity contribution is -0.131. The summed E-state index contributed by atoms with van der Waals surface area (Å²) in [6.07, 6.45) is 1.83. The van der Waals surface area contributed by atoms with Gasteiger partial charge in [0.1, 0.15) is 4.83 Å². The third-order valence-electron chi connectivity index (χ3n) is 6.32. The molecule has 0 unspecified atom stereocenters. The molecule has 3 heterocycles. The molecule has 1 aliphatic rings. The van der Waals surface area contributed by atoms with Gasteiger partial charge in [-0.25, -0.2) is 4.98 Å². The van der Waals surface area contributed by atoms with Gasteiger partial charge in [-0.1, -0.05) is 53.6 Å². The molecular formula is C26H25ClN4O2S. The van der Waals surface area contributed by atoms with Crippen LogP contribution < -0.4 is 10.5 Å². The van der Waals surface area contributed by atoms with Gasteiger partial charge in [0, 0.05) is 50.1 Å². The van der Waals surface area contributed by atoms with Gasteiger partial charge in [-0.2, -0.15) is 0 Å². The van der Waals surface area contributed by atoms with Gasteiger partial charge >= 0.3 is 0 Å². The van der Waals surface area contributed by atoms with Crippen LogP contribution in [0.25, 0.3) is 21.3 Å². The van der Waals surface area contributed by atoms with Crippen molar-refractivity contribution in [2.45, 2.75) is 19.9 Å². The van der Waals surface area contributed by atoms with E-state index in [1.807, 2.05) is 65.7 Å². The molecule has 0 spiro atoms. The largest absolute Gasteiger partial charge is 0.367 e. The molecule has 174 valence electrons. The first-order valence-electron chi connectivity index (χ1n) is 11.3. The van der Waals surface area contributed by atoms with E-state index in [1.165, 1.54) is 16.9 Å². The van der Waals surface area contributed by atoms with E-state index in [0.717, 1.165) is 39.8 Å². The molecule has 0 saturated carbocycles. The van der Waals surface area contributed by atoms with Crippen LogP contribution in [0.2, 0.25) is 5.02 Å². The van der Waals surface area contributed by atoms with Gasteiger partial charge in [0.05, 0.1) is 22.4 Å². The smallest absolute Gasteiger partial charge is 0.262 e. The molecule has 34 heavy (non-hydrogen) atoms. The zero-order valence-electron chi connectivity index (χ0n) is 18.9. The number of thiophene rings is 1. The first-order chi connectivity index (χ1) is 16.5. The fourth-order valence-electron chi connectivity index (χ4n) is 4.35. The minimum atomic E-state index is -0.0989. The molecule has 0 atom stereocenters. The van der Waals surface area contributed by atoms with Crippen LogP contribution in [0.1, 0.15) is 12.0 Å². The highest BCUT2D eigenvalue weighted by Crippen LogP contribution is 2.31. The average molecular weight is 493 g/mol. The van der Waals surface area contributed by atoms with Gasteiger partial charge in [0.15, 0.2) is 0 Å². The number of rotatable bonds is 5. The highest BCUT2D eigenvalue weighted by Gasteiger charge is 2.22. The fourth-order valence-corrected chi connectivity index (χ4v) is 5.51. The summed E-state index contributed by atoms with van der Waals surface area (Å²) in [5.41, 5.74) is 3.97. The number of benzene rings is 2. The number of para-hydroxylation sites is 1. The molecular weight excluding hydrogens is 468 g/mol. The molecule has 1 fully saturated rings. The molecule has 0 aliphatic carbocycles. The highest BCUT2D eigenvalue weighted by molar-refractivity contribution is 7.17. The number of aromatic nitrogens is 2. The van der Waals surface area contributed by atoms with Crippen LogP contribution in [0.5, 0.6) is 0 Å². The van der Waals surface area contributed by atoms with Gasteiger partial charge in [-0.3, -0.25) is 14.2 Å². The van der Waals surface area contributed by atoms with Crippen LogP contribution in [-0.4, -0.2) is 46.5 Å². The number of amides is 1. The molecule has 8 heteroatoms. The van der Waals surface area contributed by atoms with Gasteiger partial charge in [0.2, 0.25) is 5.91 Å². The normalized spacial score (nSPS) is 14.1. The summed E-state index contributed by atoms with van der Waals surface area (Å²) in [4.78, 5) is 35.4.